The van der Waals surface area contributed by atoms with Crippen LogP contribution in [-0.2, 0) is 24.8 Å². The second kappa shape index (κ2) is 10.6. The molecule has 1 aliphatic rings. The SMILES string of the molecule is COc1ccc(S(=O)(=O)N2CCOCC2)cc1C(=O)Nc1ccc(S(=O)(=O)Nc2ncccn2)cc1. The van der Waals surface area contributed by atoms with Gasteiger partial charge in [-0.05, 0) is 48.5 Å². The first-order chi connectivity index (χ1) is 17.2. The third kappa shape index (κ3) is 5.62. The lowest BCUT2D eigenvalue weighted by atomic mass is 10.2. The minimum atomic E-state index is -3.94. The van der Waals surface area contributed by atoms with E-state index in [9.17, 15) is 21.6 Å². The third-order valence-corrected chi connectivity index (χ3v) is 8.48. The third-order valence-electron chi connectivity index (χ3n) is 5.24. The molecule has 1 amide bonds. The highest BCUT2D eigenvalue weighted by Gasteiger charge is 2.28. The van der Waals surface area contributed by atoms with Crippen LogP contribution in [0.1, 0.15) is 10.4 Å². The van der Waals surface area contributed by atoms with Crippen LogP contribution < -0.4 is 14.8 Å². The Kier molecular flexibility index (Phi) is 7.49. The fourth-order valence-corrected chi connectivity index (χ4v) is 5.80. The summed E-state index contributed by atoms with van der Waals surface area (Å²) in [5.74, 6) is -0.522. The first kappa shape index (κ1) is 25.5. The van der Waals surface area contributed by atoms with Crippen LogP contribution in [0, 0.1) is 0 Å². The lowest BCUT2D eigenvalue weighted by Crippen LogP contribution is -2.40. The Balaban J connectivity index is 1.53. The highest BCUT2D eigenvalue weighted by Crippen LogP contribution is 2.26. The average Bonchev–Trinajstić information content (AvgIpc) is 2.89. The Morgan fingerprint density at radius 2 is 1.61 bits per heavy atom. The van der Waals surface area contributed by atoms with E-state index in [4.69, 9.17) is 9.47 Å². The summed E-state index contributed by atoms with van der Waals surface area (Å²) >= 11 is 0. The summed E-state index contributed by atoms with van der Waals surface area (Å²) in [7, 11) is -6.41. The van der Waals surface area contributed by atoms with Crippen LogP contribution >= 0.6 is 0 Å². The number of nitrogens with one attached hydrogen (secondary N) is 2. The maximum atomic E-state index is 13.0. The van der Waals surface area contributed by atoms with Crippen molar-refractivity contribution in [2.75, 3.05) is 43.5 Å². The summed E-state index contributed by atoms with van der Waals surface area (Å²) in [6.07, 6.45) is 2.80. The Morgan fingerprint density at radius 3 is 2.25 bits per heavy atom. The normalized spacial score (nSPS) is 14.7. The standard InChI is InChI=1S/C22H23N5O7S2/c1-33-20-8-7-18(36(31,32)27-11-13-34-14-12-27)15-19(20)21(28)25-16-3-5-17(6-4-16)35(29,30)26-22-23-9-2-10-24-22/h2-10,15H,11-14H2,1H3,(H,25,28)(H,23,24,26). The minimum Gasteiger partial charge on any atom is -0.496 e. The van der Waals surface area contributed by atoms with Crippen molar-refractivity contribution in [2.24, 2.45) is 0 Å². The van der Waals surface area contributed by atoms with Crippen molar-refractivity contribution in [2.45, 2.75) is 9.79 Å². The molecule has 3 aromatic rings. The van der Waals surface area contributed by atoms with Gasteiger partial charge in [-0.3, -0.25) is 4.79 Å². The van der Waals surface area contributed by atoms with E-state index in [1.165, 1.54) is 66.3 Å². The van der Waals surface area contributed by atoms with E-state index in [1.54, 1.807) is 6.07 Å². The number of rotatable bonds is 8. The Hall–Kier alpha value is -3.59. The molecule has 0 atom stereocenters. The number of carbonyl (C=O) groups is 1. The van der Waals surface area contributed by atoms with Crippen LogP contribution in [0.2, 0.25) is 0 Å². The minimum absolute atomic E-state index is 0.00595. The summed E-state index contributed by atoms with van der Waals surface area (Å²) in [6.45, 7) is 1.03. The second-order valence-electron chi connectivity index (χ2n) is 7.53. The van der Waals surface area contributed by atoms with Gasteiger partial charge in [-0.1, -0.05) is 0 Å². The molecule has 14 heteroatoms. The van der Waals surface area contributed by atoms with Gasteiger partial charge >= 0.3 is 0 Å². The topological polar surface area (TPSA) is 157 Å². The number of amides is 1. The number of methoxy groups -OCH3 is 1. The summed E-state index contributed by atoms with van der Waals surface area (Å²) in [5, 5.41) is 2.63. The lowest BCUT2D eigenvalue weighted by Gasteiger charge is -2.26. The van der Waals surface area contributed by atoms with Crippen LogP contribution in [0.25, 0.3) is 0 Å². The zero-order valence-electron chi connectivity index (χ0n) is 19.1. The molecule has 2 heterocycles. The zero-order valence-corrected chi connectivity index (χ0v) is 20.8. The zero-order chi connectivity index (χ0) is 25.8. The number of aromatic nitrogens is 2. The van der Waals surface area contributed by atoms with Gasteiger partial charge in [0.15, 0.2) is 0 Å². The highest BCUT2D eigenvalue weighted by molar-refractivity contribution is 7.92. The van der Waals surface area contributed by atoms with Crippen LogP contribution in [0.5, 0.6) is 5.75 Å². The predicted molar refractivity (Wildman–Crippen MR) is 130 cm³/mol. The smallest absolute Gasteiger partial charge is 0.264 e. The van der Waals surface area contributed by atoms with Crippen LogP contribution in [0.4, 0.5) is 11.6 Å². The van der Waals surface area contributed by atoms with Gasteiger partial charge in [-0.15, -0.1) is 0 Å². The molecule has 1 aromatic heterocycles. The number of ether oxygens (including phenoxy) is 2. The largest absolute Gasteiger partial charge is 0.496 e. The molecule has 1 fully saturated rings. The summed E-state index contributed by atoms with van der Waals surface area (Å²) < 4.78 is 65.1. The van der Waals surface area contributed by atoms with E-state index in [-0.39, 0.29) is 40.1 Å². The van der Waals surface area contributed by atoms with Crippen molar-refractivity contribution in [3.8, 4) is 5.75 Å². The number of carbonyl (C=O) groups excluding carboxylic acids is 1. The lowest BCUT2D eigenvalue weighted by molar-refractivity contribution is 0.0730. The number of hydrogen-bond donors (Lipinski definition) is 2. The van der Waals surface area contributed by atoms with Gasteiger partial charge in [0.05, 0.1) is 35.7 Å². The quantitative estimate of drug-likeness (QED) is 0.438. The molecule has 1 saturated heterocycles. The van der Waals surface area contributed by atoms with Gasteiger partial charge in [-0.25, -0.2) is 31.5 Å². The van der Waals surface area contributed by atoms with Crippen molar-refractivity contribution in [1.29, 1.82) is 0 Å². The molecule has 0 aliphatic carbocycles. The Bertz CT molecular complexity index is 1440. The Morgan fingerprint density at radius 1 is 0.972 bits per heavy atom. The molecular weight excluding hydrogens is 510 g/mol. The van der Waals surface area contributed by atoms with Crippen molar-refractivity contribution >= 4 is 37.6 Å². The molecule has 36 heavy (non-hydrogen) atoms. The Labute approximate surface area is 208 Å². The molecule has 2 N–H and O–H groups in total. The average molecular weight is 534 g/mol. The van der Waals surface area contributed by atoms with E-state index < -0.39 is 26.0 Å². The van der Waals surface area contributed by atoms with E-state index in [2.05, 4.69) is 20.0 Å². The molecule has 0 saturated carbocycles. The van der Waals surface area contributed by atoms with Crippen LogP contribution in [-0.4, -0.2) is 70.4 Å². The summed E-state index contributed by atoms with van der Waals surface area (Å²) in [5.41, 5.74) is 0.296. The van der Waals surface area contributed by atoms with Gasteiger partial charge in [-0.2, -0.15) is 4.31 Å². The molecule has 0 unspecified atom stereocenters. The monoisotopic (exact) mass is 533 g/mol. The number of hydrogen-bond acceptors (Lipinski definition) is 9. The number of sulfonamides is 2. The summed E-state index contributed by atoms with van der Waals surface area (Å²) in [4.78, 5) is 20.5. The van der Waals surface area contributed by atoms with E-state index in [0.29, 0.717) is 18.9 Å². The highest BCUT2D eigenvalue weighted by atomic mass is 32.2. The molecular formula is C22H23N5O7S2. The van der Waals surface area contributed by atoms with Gasteiger partial charge in [0.1, 0.15) is 5.75 Å². The molecule has 0 bridgehead atoms. The number of anilines is 2. The predicted octanol–water partition coefficient (Wildman–Crippen LogP) is 1.56. The van der Waals surface area contributed by atoms with Gasteiger partial charge in [0.25, 0.3) is 15.9 Å². The van der Waals surface area contributed by atoms with Gasteiger partial charge < -0.3 is 14.8 Å². The maximum Gasteiger partial charge on any atom is 0.264 e. The molecule has 0 radical (unpaired) electrons. The van der Waals surface area contributed by atoms with Crippen molar-refractivity contribution in [1.82, 2.24) is 14.3 Å². The van der Waals surface area contributed by atoms with Crippen LogP contribution in [0.15, 0.2) is 70.7 Å². The van der Waals surface area contributed by atoms with E-state index >= 15 is 0 Å². The fourth-order valence-electron chi connectivity index (χ4n) is 3.41. The molecule has 4 rings (SSSR count). The number of nitrogens with zero attached hydrogens (tertiary/aromatic N) is 3. The molecule has 1 aliphatic heterocycles. The van der Waals surface area contributed by atoms with Crippen molar-refractivity contribution in [3.05, 3.63) is 66.5 Å². The molecule has 2 aromatic carbocycles. The molecule has 12 nitrogen and oxygen atoms in total. The van der Waals surface area contributed by atoms with Crippen molar-refractivity contribution in [3.63, 3.8) is 0 Å². The van der Waals surface area contributed by atoms with Gasteiger partial charge in [0.2, 0.25) is 16.0 Å². The fraction of sp³-hybridized carbons (Fsp3) is 0.227. The van der Waals surface area contributed by atoms with Crippen molar-refractivity contribution < 1.29 is 31.1 Å². The van der Waals surface area contributed by atoms with Gasteiger partial charge in [0, 0.05) is 31.2 Å². The van der Waals surface area contributed by atoms with Crippen LogP contribution in [0.3, 0.4) is 0 Å². The van der Waals surface area contributed by atoms with E-state index in [1.807, 2.05) is 0 Å². The molecule has 0 spiro atoms. The first-order valence-electron chi connectivity index (χ1n) is 10.7. The number of benzene rings is 2. The number of morpholine rings is 1. The summed E-state index contributed by atoms with van der Waals surface area (Å²) in [6, 6.07) is 11.0. The second-order valence-corrected chi connectivity index (χ2v) is 11.2. The molecule has 190 valence electrons. The first-order valence-corrected chi connectivity index (χ1v) is 13.6. The maximum absolute atomic E-state index is 13.0. The van der Waals surface area contributed by atoms with E-state index in [0.717, 1.165) is 0 Å².